The average Bonchev–Trinajstić information content (AvgIpc) is 3.04. The number of nitrogens with zero attached hydrogens (tertiary/aromatic N) is 3. The Hall–Kier alpha value is -3.97. The van der Waals surface area contributed by atoms with Gasteiger partial charge in [-0.1, -0.05) is 48.0 Å². The van der Waals surface area contributed by atoms with Crippen LogP contribution in [0.15, 0.2) is 78.5 Å². The Labute approximate surface area is 194 Å². The zero-order valence-electron chi connectivity index (χ0n) is 18.5. The van der Waals surface area contributed by atoms with E-state index in [0.29, 0.717) is 18.7 Å². The van der Waals surface area contributed by atoms with Gasteiger partial charge >= 0.3 is 0 Å². The van der Waals surface area contributed by atoms with E-state index in [1.54, 1.807) is 6.08 Å². The number of pyridine rings is 1. The summed E-state index contributed by atoms with van der Waals surface area (Å²) in [5, 5.41) is 9.38. The van der Waals surface area contributed by atoms with Gasteiger partial charge in [0.25, 0.3) is 0 Å². The maximum atomic E-state index is 12.8. The first-order valence-electron chi connectivity index (χ1n) is 11.4. The summed E-state index contributed by atoms with van der Waals surface area (Å²) in [6.45, 7) is 1.40. The van der Waals surface area contributed by atoms with E-state index in [0.717, 1.165) is 36.9 Å². The van der Waals surface area contributed by atoms with Crippen LogP contribution in [0.25, 0.3) is 11.6 Å². The largest absolute Gasteiger partial charge is 0.339 e. The minimum atomic E-state index is 0.0568. The molecule has 1 amide bonds. The predicted octanol–water partition coefficient (Wildman–Crippen LogP) is 5.19. The first-order valence-corrected chi connectivity index (χ1v) is 11.4. The Morgan fingerprint density at radius 1 is 0.939 bits per heavy atom. The van der Waals surface area contributed by atoms with E-state index in [2.05, 4.69) is 18.2 Å². The highest BCUT2D eigenvalue weighted by Crippen LogP contribution is 2.38. The molecule has 4 heteroatoms. The van der Waals surface area contributed by atoms with Crippen molar-refractivity contribution in [2.24, 2.45) is 0 Å². The normalized spacial score (nSPS) is 15.5. The van der Waals surface area contributed by atoms with E-state index in [4.69, 9.17) is 4.98 Å². The van der Waals surface area contributed by atoms with Gasteiger partial charge in [-0.05, 0) is 72.2 Å². The van der Waals surface area contributed by atoms with Gasteiger partial charge in [0, 0.05) is 30.9 Å². The van der Waals surface area contributed by atoms with Crippen molar-refractivity contribution >= 4 is 17.6 Å². The fourth-order valence-corrected chi connectivity index (χ4v) is 4.82. The van der Waals surface area contributed by atoms with Crippen LogP contribution in [-0.2, 0) is 17.6 Å². The number of benzene rings is 2. The lowest BCUT2D eigenvalue weighted by molar-refractivity contribution is -0.126. The van der Waals surface area contributed by atoms with Gasteiger partial charge in [-0.25, -0.2) is 0 Å². The fraction of sp³-hybridized carbons (Fsp3) is 0.207. The van der Waals surface area contributed by atoms with E-state index in [-0.39, 0.29) is 5.91 Å². The van der Waals surface area contributed by atoms with E-state index in [1.165, 1.54) is 27.8 Å². The van der Waals surface area contributed by atoms with Crippen molar-refractivity contribution in [1.82, 2.24) is 9.88 Å². The lowest BCUT2D eigenvalue weighted by atomic mass is 9.88. The molecule has 2 heterocycles. The number of likely N-dealkylation sites (tertiary alicyclic amines) is 1. The number of rotatable bonds is 2. The van der Waals surface area contributed by atoms with Crippen molar-refractivity contribution in [1.29, 1.82) is 5.26 Å². The van der Waals surface area contributed by atoms with Crippen molar-refractivity contribution in [3.05, 3.63) is 112 Å². The molecule has 0 saturated carbocycles. The predicted molar refractivity (Wildman–Crippen MR) is 130 cm³/mol. The molecule has 0 N–H and O–H groups in total. The summed E-state index contributed by atoms with van der Waals surface area (Å²) >= 11 is 0. The van der Waals surface area contributed by atoms with Crippen LogP contribution in [0, 0.1) is 11.3 Å². The van der Waals surface area contributed by atoms with Crippen LogP contribution in [0.5, 0.6) is 0 Å². The molecule has 1 aliphatic carbocycles. The van der Waals surface area contributed by atoms with Crippen LogP contribution >= 0.6 is 0 Å². The number of amides is 1. The standard InChI is InChI=1S/C29H25N3O/c30-20-22-8-12-26-25(19-22)11-10-24-7-4-16-31-29(24)28(26)23-14-17-32(18-15-23)27(33)13-9-21-5-2-1-3-6-21/h1-9,12-13,16,19H,10-11,14-15,17-18H2. The Morgan fingerprint density at radius 3 is 2.52 bits per heavy atom. The van der Waals surface area contributed by atoms with Gasteiger partial charge in [0.1, 0.15) is 0 Å². The van der Waals surface area contributed by atoms with E-state index in [9.17, 15) is 10.1 Å². The van der Waals surface area contributed by atoms with Crippen molar-refractivity contribution < 1.29 is 4.79 Å². The van der Waals surface area contributed by atoms with Gasteiger partial charge in [0.2, 0.25) is 5.91 Å². The molecular weight excluding hydrogens is 406 g/mol. The molecule has 2 aliphatic rings. The molecule has 1 saturated heterocycles. The van der Waals surface area contributed by atoms with Crippen LogP contribution in [0.1, 0.15) is 46.4 Å². The number of carbonyl (C=O) groups is 1. The molecule has 1 aromatic heterocycles. The molecule has 33 heavy (non-hydrogen) atoms. The van der Waals surface area contributed by atoms with Gasteiger partial charge in [-0.15, -0.1) is 0 Å². The number of aromatic nitrogens is 1. The Bertz CT molecular complexity index is 1290. The second kappa shape index (κ2) is 9.26. The minimum Gasteiger partial charge on any atom is -0.339 e. The van der Waals surface area contributed by atoms with Crippen LogP contribution in [0.3, 0.4) is 0 Å². The van der Waals surface area contributed by atoms with Gasteiger partial charge in [0.15, 0.2) is 0 Å². The van der Waals surface area contributed by atoms with Crippen molar-refractivity contribution in [3.63, 3.8) is 0 Å². The average molecular weight is 432 g/mol. The number of fused-ring (bicyclic) bond motifs is 2. The first kappa shape index (κ1) is 20.9. The highest BCUT2D eigenvalue weighted by atomic mass is 16.2. The summed E-state index contributed by atoms with van der Waals surface area (Å²) in [6, 6.07) is 22.3. The zero-order chi connectivity index (χ0) is 22.6. The molecule has 4 nitrogen and oxygen atoms in total. The quantitative estimate of drug-likeness (QED) is 0.525. The second-order valence-corrected chi connectivity index (χ2v) is 8.54. The van der Waals surface area contributed by atoms with E-state index in [1.807, 2.05) is 65.7 Å². The fourth-order valence-electron chi connectivity index (χ4n) is 4.82. The molecule has 2 aromatic carbocycles. The maximum Gasteiger partial charge on any atom is 0.246 e. The molecular formula is C29H25N3O. The number of aryl methyl sites for hydroxylation is 2. The van der Waals surface area contributed by atoms with E-state index >= 15 is 0 Å². The molecule has 0 bridgehead atoms. The molecule has 0 atom stereocenters. The molecule has 0 spiro atoms. The number of hydrogen-bond acceptors (Lipinski definition) is 3. The Kier molecular flexibility index (Phi) is 5.87. The number of carbonyl (C=O) groups excluding carboxylic acids is 1. The third kappa shape index (κ3) is 4.36. The molecule has 162 valence electrons. The summed E-state index contributed by atoms with van der Waals surface area (Å²) in [7, 11) is 0. The van der Waals surface area contributed by atoms with E-state index < -0.39 is 0 Å². The summed E-state index contributed by atoms with van der Waals surface area (Å²) < 4.78 is 0. The number of nitriles is 1. The minimum absolute atomic E-state index is 0.0568. The highest BCUT2D eigenvalue weighted by Gasteiger charge is 2.26. The van der Waals surface area contributed by atoms with Gasteiger partial charge in [-0.3, -0.25) is 9.78 Å². The summed E-state index contributed by atoms with van der Waals surface area (Å²) in [5.74, 6) is 0.0568. The molecule has 1 fully saturated rings. The van der Waals surface area contributed by atoms with Gasteiger partial charge in [0.05, 0.1) is 17.3 Å². The van der Waals surface area contributed by atoms with Gasteiger partial charge in [-0.2, -0.15) is 5.26 Å². The Balaban J connectivity index is 1.44. The summed E-state index contributed by atoms with van der Waals surface area (Å²) in [5.41, 5.74) is 8.97. The highest BCUT2D eigenvalue weighted by molar-refractivity contribution is 5.92. The van der Waals surface area contributed by atoms with Crippen molar-refractivity contribution in [2.45, 2.75) is 25.7 Å². The lowest BCUT2D eigenvalue weighted by Gasteiger charge is -2.29. The lowest BCUT2D eigenvalue weighted by Crippen LogP contribution is -2.35. The third-order valence-corrected chi connectivity index (χ3v) is 6.55. The monoisotopic (exact) mass is 431 g/mol. The molecule has 0 unspecified atom stereocenters. The van der Waals surface area contributed by atoms with Gasteiger partial charge < -0.3 is 4.90 Å². The van der Waals surface area contributed by atoms with Crippen LogP contribution < -0.4 is 0 Å². The van der Waals surface area contributed by atoms with Crippen LogP contribution in [0.4, 0.5) is 0 Å². The van der Waals surface area contributed by atoms with Crippen LogP contribution in [-0.4, -0.2) is 28.9 Å². The second-order valence-electron chi connectivity index (χ2n) is 8.54. The molecule has 0 radical (unpaired) electrons. The smallest absolute Gasteiger partial charge is 0.246 e. The topological polar surface area (TPSA) is 57.0 Å². The SMILES string of the molecule is N#Cc1ccc2c(c1)CCc1cccnc1C2=C1CCN(C(=O)C=Cc2ccccc2)CC1. The third-order valence-electron chi connectivity index (χ3n) is 6.55. The Morgan fingerprint density at radius 2 is 1.73 bits per heavy atom. The molecule has 3 aromatic rings. The van der Waals surface area contributed by atoms with Crippen molar-refractivity contribution in [3.8, 4) is 6.07 Å². The maximum absolute atomic E-state index is 12.8. The first-order chi connectivity index (χ1) is 16.2. The molecule has 5 rings (SSSR count). The van der Waals surface area contributed by atoms with Crippen LogP contribution in [0.2, 0.25) is 0 Å². The number of hydrogen-bond donors (Lipinski definition) is 0. The van der Waals surface area contributed by atoms with Crippen molar-refractivity contribution in [2.75, 3.05) is 13.1 Å². The summed E-state index contributed by atoms with van der Waals surface area (Å²) in [4.78, 5) is 19.5. The summed E-state index contributed by atoms with van der Waals surface area (Å²) in [6.07, 6.45) is 8.89. The zero-order valence-corrected chi connectivity index (χ0v) is 18.5. The number of piperidine rings is 1. The molecule has 1 aliphatic heterocycles.